The lowest BCUT2D eigenvalue weighted by Crippen LogP contribution is -2.10. The Labute approximate surface area is 88.7 Å². The molecule has 1 aromatic carbocycles. The molecule has 0 aliphatic rings. The molecule has 0 atom stereocenters. The zero-order valence-electron chi connectivity index (χ0n) is 8.60. The molecule has 2 aromatic rings. The molecule has 0 amide bonds. The summed E-state index contributed by atoms with van der Waals surface area (Å²) in [6, 6.07) is 6.17. The largest absolute Gasteiger partial charge is 0.463 e. The molecule has 0 unspecified atom stereocenters. The third-order valence-electron chi connectivity index (χ3n) is 2.39. The summed E-state index contributed by atoms with van der Waals surface area (Å²) in [7, 11) is 0. The lowest BCUT2D eigenvalue weighted by Gasteiger charge is -2.18. The van der Waals surface area contributed by atoms with Crippen LogP contribution in [0.3, 0.4) is 0 Å². The van der Waals surface area contributed by atoms with Gasteiger partial charge in [-0.3, -0.25) is 0 Å². The highest BCUT2D eigenvalue weighted by atomic mass is 35.5. The predicted octanol–water partition coefficient (Wildman–Crippen LogP) is 4.38. The molecule has 0 saturated carbocycles. The van der Waals surface area contributed by atoms with Crippen molar-refractivity contribution in [2.75, 3.05) is 0 Å². The van der Waals surface area contributed by atoms with Crippen LogP contribution in [0.2, 0.25) is 5.02 Å². The van der Waals surface area contributed by atoms with Crippen molar-refractivity contribution in [2.45, 2.75) is 26.2 Å². The van der Waals surface area contributed by atoms with Crippen LogP contribution in [0.5, 0.6) is 0 Å². The van der Waals surface area contributed by atoms with Crippen LogP contribution >= 0.6 is 11.6 Å². The molecule has 74 valence electrons. The second-order valence-electron chi connectivity index (χ2n) is 4.54. The third kappa shape index (κ3) is 1.53. The number of hydrogen-bond acceptors (Lipinski definition) is 1. The molecule has 1 aromatic heterocycles. The van der Waals surface area contributed by atoms with Gasteiger partial charge in [-0.05, 0) is 23.1 Å². The quantitative estimate of drug-likeness (QED) is 0.626. The van der Waals surface area contributed by atoms with Gasteiger partial charge in [0.05, 0.1) is 5.02 Å². The standard InChI is InChI=1S/C12H13ClO/c1-12(2,3)8-4-5-9-10(13)7-14-11(9)6-8/h4-7H,1-3H3. The molecular formula is C12H13ClO. The maximum absolute atomic E-state index is 5.95. The Morgan fingerprint density at radius 3 is 2.57 bits per heavy atom. The van der Waals surface area contributed by atoms with Crippen molar-refractivity contribution >= 4 is 22.6 Å². The Morgan fingerprint density at radius 2 is 1.93 bits per heavy atom. The highest BCUT2D eigenvalue weighted by molar-refractivity contribution is 6.35. The van der Waals surface area contributed by atoms with E-state index in [2.05, 4.69) is 32.9 Å². The summed E-state index contributed by atoms with van der Waals surface area (Å²) in [6.45, 7) is 6.54. The third-order valence-corrected chi connectivity index (χ3v) is 2.69. The van der Waals surface area contributed by atoms with Crippen LogP contribution < -0.4 is 0 Å². The normalized spacial score (nSPS) is 12.3. The molecule has 0 fully saturated rings. The van der Waals surface area contributed by atoms with E-state index in [-0.39, 0.29) is 5.41 Å². The van der Waals surface area contributed by atoms with Crippen LogP contribution in [0, 0.1) is 0 Å². The maximum Gasteiger partial charge on any atom is 0.135 e. The second kappa shape index (κ2) is 3.03. The molecule has 1 nitrogen and oxygen atoms in total. The summed E-state index contributed by atoms with van der Waals surface area (Å²) in [5, 5.41) is 1.67. The van der Waals surface area contributed by atoms with Gasteiger partial charge >= 0.3 is 0 Å². The Hall–Kier alpha value is -0.950. The summed E-state index contributed by atoms with van der Waals surface area (Å²) in [4.78, 5) is 0. The lowest BCUT2D eigenvalue weighted by molar-refractivity contribution is 0.583. The smallest absolute Gasteiger partial charge is 0.135 e. The number of rotatable bonds is 0. The molecule has 0 radical (unpaired) electrons. The van der Waals surface area contributed by atoms with Crippen LogP contribution in [-0.2, 0) is 5.41 Å². The van der Waals surface area contributed by atoms with Crippen molar-refractivity contribution < 1.29 is 4.42 Å². The number of fused-ring (bicyclic) bond motifs is 1. The fraction of sp³-hybridized carbons (Fsp3) is 0.333. The number of hydrogen-bond donors (Lipinski definition) is 0. The fourth-order valence-corrected chi connectivity index (χ4v) is 1.66. The molecule has 0 aliphatic heterocycles. The highest BCUT2D eigenvalue weighted by Crippen LogP contribution is 2.30. The molecular weight excluding hydrogens is 196 g/mol. The maximum atomic E-state index is 5.95. The Balaban J connectivity index is 2.63. The van der Waals surface area contributed by atoms with E-state index >= 15 is 0 Å². The SMILES string of the molecule is CC(C)(C)c1ccc2c(Cl)coc2c1. The highest BCUT2D eigenvalue weighted by Gasteiger charge is 2.15. The van der Waals surface area contributed by atoms with Crippen LogP contribution in [0.15, 0.2) is 28.9 Å². The number of furan rings is 1. The van der Waals surface area contributed by atoms with Crippen molar-refractivity contribution in [1.82, 2.24) is 0 Å². The van der Waals surface area contributed by atoms with Gasteiger partial charge in [0.1, 0.15) is 11.8 Å². The minimum absolute atomic E-state index is 0.146. The van der Waals surface area contributed by atoms with Crippen molar-refractivity contribution in [3.8, 4) is 0 Å². The molecule has 0 spiro atoms. The zero-order valence-corrected chi connectivity index (χ0v) is 9.35. The van der Waals surface area contributed by atoms with Gasteiger partial charge in [-0.2, -0.15) is 0 Å². The molecule has 0 N–H and O–H groups in total. The van der Waals surface area contributed by atoms with Gasteiger partial charge in [-0.1, -0.05) is 38.4 Å². The van der Waals surface area contributed by atoms with Crippen molar-refractivity contribution in [3.05, 3.63) is 35.0 Å². The molecule has 2 heteroatoms. The monoisotopic (exact) mass is 208 g/mol. The van der Waals surface area contributed by atoms with Crippen LogP contribution in [0.1, 0.15) is 26.3 Å². The van der Waals surface area contributed by atoms with E-state index in [0.717, 1.165) is 11.0 Å². The molecule has 0 saturated heterocycles. The second-order valence-corrected chi connectivity index (χ2v) is 4.95. The Morgan fingerprint density at radius 1 is 1.21 bits per heavy atom. The predicted molar refractivity (Wildman–Crippen MR) is 59.9 cm³/mol. The lowest BCUT2D eigenvalue weighted by atomic mass is 9.87. The van der Waals surface area contributed by atoms with Gasteiger partial charge in [0, 0.05) is 5.39 Å². The summed E-state index contributed by atoms with van der Waals surface area (Å²) in [5.41, 5.74) is 2.27. The molecule has 2 rings (SSSR count). The van der Waals surface area contributed by atoms with Gasteiger partial charge in [-0.15, -0.1) is 0 Å². The van der Waals surface area contributed by atoms with E-state index in [9.17, 15) is 0 Å². The molecule has 0 aliphatic carbocycles. The van der Waals surface area contributed by atoms with Gasteiger partial charge in [0.25, 0.3) is 0 Å². The van der Waals surface area contributed by atoms with E-state index in [1.54, 1.807) is 6.26 Å². The van der Waals surface area contributed by atoms with Crippen molar-refractivity contribution in [2.24, 2.45) is 0 Å². The first-order valence-corrected chi connectivity index (χ1v) is 5.03. The van der Waals surface area contributed by atoms with Gasteiger partial charge < -0.3 is 4.42 Å². The molecule has 0 bridgehead atoms. The first-order chi connectivity index (χ1) is 6.48. The van der Waals surface area contributed by atoms with E-state index in [4.69, 9.17) is 16.0 Å². The fourth-order valence-electron chi connectivity index (χ4n) is 1.46. The zero-order chi connectivity index (χ0) is 10.3. The molecule has 1 heterocycles. The summed E-state index contributed by atoms with van der Waals surface area (Å²) >= 11 is 5.95. The number of benzene rings is 1. The number of halogens is 1. The molecule has 14 heavy (non-hydrogen) atoms. The minimum Gasteiger partial charge on any atom is -0.463 e. The van der Waals surface area contributed by atoms with Crippen molar-refractivity contribution in [1.29, 1.82) is 0 Å². The Bertz CT molecular complexity index is 463. The average Bonchev–Trinajstić information content (AvgIpc) is 2.46. The topological polar surface area (TPSA) is 13.1 Å². The van der Waals surface area contributed by atoms with E-state index in [1.165, 1.54) is 5.56 Å². The van der Waals surface area contributed by atoms with Gasteiger partial charge in [0.2, 0.25) is 0 Å². The average molecular weight is 209 g/mol. The summed E-state index contributed by atoms with van der Waals surface area (Å²) in [5.74, 6) is 0. The minimum atomic E-state index is 0.146. The van der Waals surface area contributed by atoms with E-state index in [0.29, 0.717) is 5.02 Å². The van der Waals surface area contributed by atoms with Gasteiger partial charge in [0.15, 0.2) is 0 Å². The van der Waals surface area contributed by atoms with Crippen LogP contribution in [0.4, 0.5) is 0 Å². The summed E-state index contributed by atoms with van der Waals surface area (Å²) in [6.07, 6.45) is 1.58. The first-order valence-electron chi connectivity index (χ1n) is 4.66. The van der Waals surface area contributed by atoms with Crippen molar-refractivity contribution in [3.63, 3.8) is 0 Å². The summed E-state index contributed by atoms with van der Waals surface area (Å²) < 4.78 is 5.35. The first kappa shape index (κ1) is 9.60. The van der Waals surface area contributed by atoms with Gasteiger partial charge in [-0.25, -0.2) is 0 Å². The van der Waals surface area contributed by atoms with E-state index in [1.807, 2.05) is 6.07 Å². The van der Waals surface area contributed by atoms with Crippen LogP contribution in [0.25, 0.3) is 11.0 Å². The van der Waals surface area contributed by atoms with E-state index < -0.39 is 0 Å². The Kier molecular flexibility index (Phi) is 2.07. The van der Waals surface area contributed by atoms with Crippen LogP contribution in [-0.4, -0.2) is 0 Å².